The van der Waals surface area contributed by atoms with Gasteiger partial charge in [-0.3, -0.25) is 9.59 Å². The summed E-state index contributed by atoms with van der Waals surface area (Å²) in [5, 5.41) is 12.4. The zero-order valence-electron chi connectivity index (χ0n) is 16.3. The molecule has 3 aromatic carbocycles. The van der Waals surface area contributed by atoms with E-state index < -0.39 is 11.8 Å². The maximum Gasteiger partial charge on any atom is 0.311 e. The molecule has 0 aromatic heterocycles. The summed E-state index contributed by atoms with van der Waals surface area (Å²) in [4.78, 5) is 25.1. The van der Waals surface area contributed by atoms with Crippen LogP contribution in [0.4, 0.5) is 0 Å². The number of aromatic hydroxyl groups is 1. The van der Waals surface area contributed by atoms with Crippen molar-refractivity contribution in [3.63, 3.8) is 0 Å². The molecule has 1 N–H and O–H groups in total. The first-order chi connectivity index (χ1) is 13.8. The first-order valence-corrected chi connectivity index (χ1v) is 9.54. The van der Waals surface area contributed by atoms with Gasteiger partial charge in [0.05, 0.1) is 18.1 Å². The van der Waals surface area contributed by atoms with Crippen LogP contribution in [0.15, 0.2) is 53.3 Å². The van der Waals surface area contributed by atoms with E-state index in [1.54, 1.807) is 24.3 Å². The summed E-state index contributed by atoms with van der Waals surface area (Å²) in [6, 6.07) is 13.6. The van der Waals surface area contributed by atoms with E-state index in [2.05, 4.69) is 0 Å². The monoisotopic (exact) mass is 394 g/mol. The Hall–Kier alpha value is -2.96. The molecule has 1 saturated heterocycles. The first kappa shape index (κ1) is 19.4. The third-order valence-corrected chi connectivity index (χ3v) is 4.97. The van der Waals surface area contributed by atoms with Gasteiger partial charge < -0.3 is 19.3 Å². The molecular formula is C23H22O6. The fourth-order valence-corrected chi connectivity index (χ4v) is 3.59. The molecule has 6 heteroatoms. The summed E-state index contributed by atoms with van der Waals surface area (Å²) in [5.74, 6) is -1.09. The van der Waals surface area contributed by atoms with E-state index >= 15 is 0 Å². The van der Waals surface area contributed by atoms with Crippen LogP contribution in [0.5, 0.6) is 11.5 Å². The number of phenols is 1. The summed E-state index contributed by atoms with van der Waals surface area (Å²) < 4.78 is 16.6. The Bertz CT molecular complexity index is 1150. The number of carbonyl (C=O) groups excluding carboxylic acids is 1. The van der Waals surface area contributed by atoms with E-state index in [4.69, 9.17) is 14.2 Å². The normalized spacial score (nSPS) is 18.2. The predicted molar refractivity (Wildman–Crippen MR) is 109 cm³/mol. The predicted octanol–water partition coefficient (Wildman–Crippen LogP) is 3.90. The molecule has 29 heavy (non-hydrogen) atoms. The zero-order chi connectivity index (χ0) is 20.6. The number of hydrogen-bond acceptors (Lipinski definition) is 6. The minimum absolute atomic E-state index is 0.155. The number of benzene rings is 2. The highest BCUT2D eigenvalue weighted by Gasteiger charge is 2.32. The van der Waals surface area contributed by atoms with Crippen LogP contribution in [0, 0.1) is 0 Å². The van der Waals surface area contributed by atoms with Crippen molar-refractivity contribution in [3.05, 3.63) is 58.8 Å². The second-order valence-electron chi connectivity index (χ2n) is 7.62. The van der Waals surface area contributed by atoms with Gasteiger partial charge in [-0.25, -0.2) is 0 Å². The Balaban J connectivity index is 1.56. The first-order valence-electron chi connectivity index (χ1n) is 9.54. The average Bonchev–Trinajstić information content (AvgIpc) is 2.95. The SMILES string of the molecule is CC1(C)OCC(CCC(=O)Oc2cc(O)c3c(=O)c4ccccc4ccc3c2)O1. The van der Waals surface area contributed by atoms with Gasteiger partial charge in [-0.15, -0.1) is 0 Å². The van der Waals surface area contributed by atoms with Gasteiger partial charge in [0.2, 0.25) is 0 Å². The van der Waals surface area contributed by atoms with E-state index in [0.717, 1.165) is 5.39 Å². The molecule has 0 saturated carbocycles. The fraction of sp³-hybridized carbons (Fsp3) is 0.304. The third kappa shape index (κ3) is 4.09. The maximum atomic E-state index is 12.9. The van der Waals surface area contributed by atoms with Gasteiger partial charge in [0.15, 0.2) is 11.2 Å². The molecule has 0 radical (unpaired) electrons. The maximum absolute atomic E-state index is 12.9. The van der Waals surface area contributed by atoms with E-state index in [0.29, 0.717) is 23.8 Å². The molecule has 1 fully saturated rings. The van der Waals surface area contributed by atoms with E-state index in [1.165, 1.54) is 6.07 Å². The van der Waals surface area contributed by atoms with E-state index in [9.17, 15) is 14.7 Å². The van der Waals surface area contributed by atoms with Crippen LogP contribution in [-0.2, 0) is 14.3 Å². The highest BCUT2D eigenvalue weighted by Crippen LogP contribution is 2.30. The van der Waals surface area contributed by atoms with Crippen molar-refractivity contribution >= 4 is 27.5 Å². The lowest BCUT2D eigenvalue weighted by Crippen LogP contribution is -2.22. The Morgan fingerprint density at radius 3 is 2.69 bits per heavy atom. The number of ether oxygens (including phenoxy) is 3. The number of hydrogen-bond donors (Lipinski definition) is 1. The van der Waals surface area contributed by atoms with E-state index in [1.807, 2.05) is 32.0 Å². The van der Waals surface area contributed by atoms with Crippen LogP contribution in [0.1, 0.15) is 26.7 Å². The van der Waals surface area contributed by atoms with Gasteiger partial charge in [-0.05, 0) is 37.1 Å². The van der Waals surface area contributed by atoms with Gasteiger partial charge in [0.1, 0.15) is 11.5 Å². The lowest BCUT2D eigenvalue weighted by atomic mass is 10.1. The second kappa shape index (κ2) is 7.46. The molecule has 0 bridgehead atoms. The van der Waals surface area contributed by atoms with Gasteiger partial charge in [-0.1, -0.05) is 36.4 Å². The van der Waals surface area contributed by atoms with Crippen molar-refractivity contribution in [3.8, 4) is 11.5 Å². The molecule has 0 aliphatic carbocycles. The van der Waals surface area contributed by atoms with Crippen LogP contribution in [-0.4, -0.2) is 29.6 Å². The summed E-state index contributed by atoms with van der Waals surface area (Å²) in [6.45, 7) is 4.10. The van der Waals surface area contributed by atoms with Crippen LogP contribution in [0.2, 0.25) is 0 Å². The standard InChI is InChI=1S/C23H22O6/c1-23(2)27-13-16(29-23)9-10-20(25)28-17-11-15-8-7-14-5-3-4-6-18(14)22(26)21(15)19(24)12-17/h3-8,11-12,16,24H,9-10,13H2,1-2H3. The van der Waals surface area contributed by atoms with Crippen molar-refractivity contribution in [2.24, 2.45) is 0 Å². The lowest BCUT2D eigenvalue weighted by molar-refractivity contribution is -0.143. The van der Waals surface area contributed by atoms with Gasteiger partial charge in [0, 0.05) is 17.9 Å². The summed E-state index contributed by atoms with van der Waals surface area (Å²) >= 11 is 0. The number of rotatable bonds is 4. The van der Waals surface area contributed by atoms with E-state index in [-0.39, 0.29) is 34.8 Å². The van der Waals surface area contributed by atoms with Crippen molar-refractivity contribution in [2.75, 3.05) is 6.61 Å². The zero-order valence-corrected chi connectivity index (χ0v) is 16.3. The average molecular weight is 394 g/mol. The molecule has 1 unspecified atom stereocenters. The summed E-state index contributed by atoms with van der Waals surface area (Å²) in [6.07, 6.45) is 0.478. The van der Waals surface area contributed by atoms with Crippen LogP contribution < -0.4 is 10.2 Å². The van der Waals surface area contributed by atoms with Gasteiger partial charge in [0.25, 0.3) is 0 Å². The minimum Gasteiger partial charge on any atom is -0.507 e. The van der Waals surface area contributed by atoms with Crippen molar-refractivity contribution in [2.45, 2.75) is 38.6 Å². The molecule has 1 heterocycles. The summed E-state index contributed by atoms with van der Waals surface area (Å²) in [5.41, 5.74) is -0.267. The fourth-order valence-electron chi connectivity index (χ4n) is 3.59. The number of esters is 1. The Morgan fingerprint density at radius 2 is 1.93 bits per heavy atom. The van der Waals surface area contributed by atoms with Crippen LogP contribution in [0.25, 0.3) is 21.5 Å². The molecule has 6 nitrogen and oxygen atoms in total. The molecule has 150 valence electrons. The van der Waals surface area contributed by atoms with Crippen molar-refractivity contribution in [1.29, 1.82) is 0 Å². The molecular weight excluding hydrogens is 372 g/mol. The number of carbonyl (C=O) groups is 1. The third-order valence-electron chi connectivity index (χ3n) is 4.97. The summed E-state index contributed by atoms with van der Waals surface area (Å²) in [7, 11) is 0. The van der Waals surface area contributed by atoms with Gasteiger partial charge in [-0.2, -0.15) is 0 Å². The molecule has 0 spiro atoms. The molecule has 1 aliphatic heterocycles. The molecule has 1 atom stereocenters. The minimum atomic E-state index is -0.631. The van der Waals surface area contributed by atoms with Crippen molar-refractivity contribution < 1.29 is 24.1 Å². The largest absolute Gasteiger partial charge is 0.507 e. The van der Waals surface area contributed by atoms with Crippen LogP contribution >= 0.6 is 0 Å². The molecule has 1 aliphatic rings. The lowest BCUT2D eigenvalue weighted by Gasteiger charge is -2.16. The highest BCUT2D eigenvalue weighted by molar-refractivity contribution is 5.97. The number of fused-ring (bicyclic) bond motifs is 2. The Kier molecular flexibility index (Phi) is 4.98. The number of phenolic OH excluding ortho intramolecular Hbond substituents is 1. The Labute approximate surface area is 167 Å². The smallest absolute Gasteiger partial charge is 0.311 e. The molecule has 4 rings (SSSR count). The molecule has 0 amide bonds. The van der Waals surface area contributed by atoms with Crippen molar-refractivity contribution in [1.82, 2.24) is 0 Å². The molecule has 3 aromatic rings. The topological polar surface area (TPSA) is 82.1 Å². The van der Waals surface area contributed by atoms with Crippen LogP contribution in [0.3, 0.4) is 0 Å². The Morgan fingerprint density at radius 1 is 1.17 bits per heavy atom. The quantitative estimate of drug-likeness (QED) is 0.534. The van der Waals surface area contributed by atoms with Gasteiger partial charge >= 0.3 is 5.97 Å². The second-order valence-corrected chi connectivity index (χ2v) is 7.62. The highest BCUT2D eigenvalue weighted by atomic mass is 16.7.